The lowest BCUT2D eigenvalue weighted by Crippen LogP contribution is -2.10. The van der Waals surface area contributed by atoms with E-state index >= 15 is 0 Å². The Kier molecular flexibility index (Phi) is 3.22. The lowest BCUT2D eigenvalue weighted by atomic mass is 9.88. The predicted molar refractivity (Wildman–Crippen MR) is 59.5 cm³/mol. The second-order valence-corrected chi connectivity index (χ2v) is 4.43. The summed E-state index contributed by atoms with van der Waals surface area (Å²) in [5.41, 5.74) is 0.925. The minimum atomic E-state index is -0.886. The van der Waals surface area contributed by atoms with Crippen molar-refractivity contribution in [2.24, 2.45) is 5.92 Å². The molecule has 0 amide bonds. The normalized spacial score (nSPS) is 16.5. The molecule has 0 aromatic heterocycles. The molecule has 1 unspecified atom stereocenters. The number of carbonyl (C=O) groups is 2. The van der Waals surface area contributed by atoms with E-state index in [2.05, 4.69) is 0 Å². The van der Waals surface area contributed by atoms with E-state index in [0.717, 1.165) is 12.8 Å². The van der Waals surface area contributed by atoms with E-state index in [0.29, 0.717) is 17.8 Å². The van der Waals surface area contributed by atoms with Crippen molar-refractivity contribution < 1.29 is 19.1 Å². The van der Waals surface area contributed by atoms with Crippen LogP contribution in [-0.2, 0) is 4.79 Å². The fraction of sp³-hybridized carbons (Fsp3) is 0.385. The van der Waals surface area contributed by atoms with Gasteiger partial charge in [-0.25, -0.2) is 4.39 Å². The Labute approximate surface area is 98.3 Å². The van der Waals surface area contributed by atoms with E-state index in [1.165, 1.54) is 18.2 Å². The molecule has 17 heavy (non-hydrogen) atoms. The fourth-order valence-electron chi connectivity index (χ4n) is 2.20. The Morgan fingerprint density at radius 2 is 2.24 bits per heavy atom. The monoisotopic (exact) mass is 236 g/mol. The van der Waals surface area contributed by atoms with Crippen LogP contribution in [0.2, 0.25) is 0 Å². The van der Waals surface area contributed by atoms with Crippen LogP contribution in [0.25, 0.3) is 0 Å². The lowest BCUT2D eigenvalue weighted by molar-refractivity contribution is -0.137. The van der Waals surface area contributed by atoms with E-state index in [4.69, 9.17) is 5.11 Å². The van der Waals surface area contributed by atoms with E-state index < -0.39 is 11.8 Å². The van der Waals surface area contributed by atoms with E-state index in [1.807, 2.05) is 0 Å². The highest BCUT2D eigenvalue weighted by Crippen LogP contribution is 2.45. The van der Waals surface area contributed by atoms with Crippen LogP contribution in [0.1, 0.15) is 41.1 Å². The first kappa shape index (κ1) is 11.8. The van der Waals surface area contributed by atoms with Crippen molar-refractivity contribution in [1.29, 1.82) is 0 Å². The van der Waals surface area contributed by atoms with Gasteiger partial charge >= 0.3 is 5.97 Å². The maximum absolute atomic E-state index is 13.0. The molecule has 0 spiro atoms. The van der Waals surface area contributed by atoms with E-state index in [9.17, 15) is 14.0 Å². The number of hydrogen-bond donors (Lipinski definition) is 1. The molecule has 0 aliphatic heterocycles. The van der Waals surface area contributed by atoms with Gasteiger partial charge in [-0.1, -0.05) is 6.07 Å². The quantitative estimate of drug-likeness (QED) is 0.799. The van der Waals surface area contributed by atoms with Crippen molar-refractivity contribution in [1.82, 2.24) is 0 Å². The fourth-order valence-corrected chi connectivity index (χ4v) is 2.20. The van der Waals surface area contributed by atoms with E-state index in [1.54, 1.807) is 0 Å². The molecular formula is C13H13FO3. The minimum Gasteiger partial charge on any atom is -0.481 e. The molecule has 2 rings (SSSR count). The second-order valence-electron chi connectivity index (χ2n) is 4.43. The van der Waals surface area contributed by atoms with Gasteiger partial charge in [0, 0.05) is 5.56 Å². The smallest absolute Gasteiger partial charge is 0.303 e. The van der Waals surface area contributed by atoms with Gasteiger partial charge in [-0.05, 0) is 42.4 Å². The SMILES string of the molecule is O=Cc1cc(F)ccc1C(CC(=O)O)C1CC1. The van der Waals surface area contributed by atoms with Crippen LogP contribution in [0.4, 0.5) is 4.39 Å². The number of carboxylic acids is 1. The van der Waals surface area contributed by atoms with Gasteiger partial charge in [0.1, 0.15) is 12.1 Å². The number of carboxylic acid groups (broad SMARTS) is 1. The third kappa shape index (κ3) is 2.70. The molecule has 0 heterocycles. The average molecular weight is 236 g/mol. The van der Waals surface area contributed by atoms with Gasteiger partial charge in [-0.2, -0.15) is 0 Å². The van der Waals surface area contributed by atoms with Gasteiger partial charge < -0.3 is 5.11 Å². The number of aliphatic carboxylic acids is 1. The van der Waals surface area contributed by atoms with Crippen LogP contribution >= 0.6 is 0 Å². The first-order valence-electron chi connectivity index (χ1n) is 5.58. The Morgan fingerprint density at radius 1 is 1.53 bits per heavy atom. The highest BCUT2D eigenvalue weighted by atomic mass is 19.1. The Bertz CT molecular complexity index is 452. The molecular weight excluding hydrogens is 223 g/mol. The van der Waals surface area contributed by atoms with Crippen LogP contribution in [-0.4, -0.2) is 17.4 Å². The summed E-state index contributed by atoms with van der Waals surface area (Å²) in [7, 11) is 0. The molecule has 1 fully saturated rings. The largest absolute Gasteiger partial charge is 0.481 e. The molecule has 1 aliphatic carbocycles. The number of halogens is 1. The zero-order chi connectivity index (χ0) is 12.4. The van der Waals surface area contributed by atoms with Gasteiger partial charge in [0.25, 0.3) is 0 Å². The van der Waals surface area contributed by atoms with Gasteiger partial charge in [0.05, 0.1) is 6.42 Å². The molecule has 1 aliphatic rings. The molecule has 1 atom stereocenters. The zero-order valence-electron chi connectivity index (χ0n) is 9.23. The predicted octanol–water partition coefficient (Wildman–Crippen LogP) is 2.61. The summed E-state index contributed by atoms with van der Waals surface area (Å²) in [4.78, 5) is 21.7. The van der Waals surface area contributed by atoms with Crippen LogP contribution < -0.4 is 0 Å². The molecule has 0 bridgehead atoms. The molecule has 0 radical (unpaired) electrons. The second kappa shape index (κ2) is 4.65. The highest BCUT2D eigenvalue weighted by molar-refractivity contribution is 5.78. The van der Waals surface area contributed by atoms with Crippen molar-refractivity contribution in [3.63, 3.8) is 0 Å². The third-order valence-corrected chi connectivity index (χ3v) is 3.16. The van der Waals surface area contributed by atoms with Crippen LogP contribution in [0.5, 0.6) is 0 Å². The molecule has 3 nitrogen and oxygen atoms in total. The summed E-state index contributed by atoms with van der Waals surface area (Å²) in [5.74, 6) is -1.22. The third-order valence-electron chi connectivity index (χ3n) is 3.16. The minimum absolute atomic E-state index is 0.00284. The summed E-state index contributed by atoms with van der Waals surface area (Å²) in [5, 5.41) is 8.88. The summed E-state index contributed by atoms with van der Waals surface area (Å²) < 4.78 is 13.0. The van der Waals surface area contributed by atoms with Gasteiger partial charge in [-0.3, -0.25) is 9.59 Å². The summed E-state index contributed by atoms with van der Waals surface area (Å²) in [6.45, 7) is 0. The van der Waals surface area contributed by atoms with Gasteiger partial charge in [0.2, 0.25) is 0 Å². The van der Waals surface area contributed by atoms with Gasteiger partial charge in [-0.15, -0.1) is 0 Å². The number of benzene rings is 1. The molecule has 1 saturated carbocycles. The maximum atomic E-state index is 13.0. The molecule has 1 aromatic rings. The Morgan fingerprint density at radius 3 is 2.76 bits per heavy atom. The van der Waals surface area contributed by atoms with Crippen molar-refractivity contribution in [2.45, 2.75) is 25.2 Å². The van der Waals surface area contributed by atoms with Gasteiger partial charge in [0.15, 0.2) is 0 Å². The van der Waals surface area contributed by atoms with E-state index in [-0.39, 0.29) is 17.9 Å². The molecule has 1 N–H and O–H groups in total. The maximum Gasteiger partial charge on any atom is 0.303 e. The summed E-state index contributed by atoms with van der Waals surface area (Å²) in [6.07, 6.45) is 2.55. The summed E-state index contributed by atoms with van der Waals surface area (Å²) in [6, 6.07) is 3.98. The molecule has 4 heteroatoms. The summed E-state index contributed by atoms with van der Waals surface area (Å²) >= 11 is 0. The van der Waals surface area contributed by atoms with Crippen LogP contribution in [0.15, 0.2) is 18.2 Å². The van der Waals surface area contributed by atoms with Crippen molar-refractivity contribution in [3.8, 4) is 0 Å². The molecule has 1 aromatic carbocycles. The zero-order valence-corrected chi connectivity index (χ0v) is 9.23. The van der Waals surface area contributed by atoms with Crippen LogP contribution in [0.3, 0.4) is 0 Å². The molecule has 0 saturated heterocycles. The first-order chi connectivity index (χ1) is 8.11. The average Bonchev–Trinajstić information content (AvgIpc) is 3.09. The van der Waals surface area contributed by atoms with Crippen molar-refractivity contribution in [3.05, 3.63) is 35.1 Å². The van der Waals surface area contributed by atoms with Crippen LogP contribution in [0, 0.1) is 11.7 Å². The Balaban J connectivity index is 2.34. The lowest BCUT2D eigenvalue weighted by Gasteiger charge is -2.16. The standard InChI is InChI=1S/C13H13FO3/c14-10-3-4-11(9(5-10)7-15)12(6-13(16)17)8-1-2-8/h3-5,7-8,12H,1-2,6H2,(H,16,17). The van der Waals surface area contributed by atoms with Crippen molar-refractivity contribution in [2.75, 3.05) is 0 Å². The van der Waals surface area contributed by atoms with Crippen molar-refractivity contribution >= 4 is 12.3 Å². The first-order valence-corrected chi connectivity index (χ1v) is 5.58. The number of hydrogen-bond acceptors (Lipinski definition) is 2. The number of aldehydes is 1. The highest BCUT2D eigenvalue weighted by Gasteiger charge is 2.34. The topological polar surface area (TPSA) is 54.4 Å². The molecule has 90 valence electrons. The number of carbonyl (C=O) groups excluding carboxylic acids is 1. The Hall–Kier alpha value is -1.71. The number of rotatable bonds is 5.